The molecule has 0 spiro atoms. The Bertz CT molecular complexity index is 812. The summed E-state index contributed by atoms with van der Waals surface area (Å²) in [6.45, 7) is 1.70. The summed E-state index contributed by atoms with van der Waals surface area (Å²) < 4.78 is 5.67. The van der Waals surface area contributed by atoms with Gasteiger partial charge in [0, 0.05) is 37.3 Å². The van der Waals surface area contributed by atoms with Gasteiger partial charge in [0.2, 0.25) is 0 Å². The lowest BCUT2D eigenvalue weighted by Gasteiger charge is -2.25. The largest absolute Gasteiger partial charge is 0.493 e. The zero-order chi connectivity index (χ0) is 19.2. The van der Waals surface area contributed by atoms with Crippen LogP contribution in [0.25, 0.3) is 10.4 Å². The second kappa shape index (κ2) is 8.80. The number of rotatable bonds is 8. The van der Waals surface area contributed by atoms with Gasteiger partial charge in [0.15, 0.2) is 0 Å². The zero-order valence-electron chi connectivity index (χ0n) is 16.3. The van der Waals surface area contributed by atoms with Gasteiger partial charge in [0.05, 0.1) is 13.2 Å². The Kier molecular flexibility index (Phi) is 6.22. The summed E-state index contributed by atoms with van der Waals surface area (Å²) in [6.07, 6.45) is 2.20. The van der Waals surface area contributed by atoms with Crippen LogP contribution in [0.15, 0.2) is 47.6 Å². The minimum absolute atomic E-state index is 0.353. The highest BCUT2D eigenvalue weighted by Gasteiger charge is 2.26. The summed E-state index contributed by atoms with van der Waals surface area (Å²) in [5.74, 6) is 0.851. The number of benzene rings is 2. The molecule has 0 fully saturated rings. The average molecular weight is 365 g/mol. The standard InChI is InChI=1S/C21H27N5O/c1-25(2)18-7-4-16(5-8-18)15-26(3)21-11-6-17-14-19(9-10-20(17)21)27-13-12-23-24-22/h4-5,7-10,14,21H,6,11-13,15H2,1-3H3. The van der Waals surface area contributed by atoms with E-state index in [4.69, 9.17) is 10.3 Å². The van der Waals surface area contributed by atoms with E-state index in [-0.39, 0.29) is 0 Å². The predicted octanol–water partition coefficient (Wildman–Crippen LogP) is 4.56. The van der Waals surface area contributed by atoms with Gasteiger partial charge in [0.1, 0.15) is 5.75 Å². The van der Waals surface area contributed by atoms with Crippen molar-refractivity contribution in [2.45, 2.75) is 25.4 Å². The Morgan fingerprint density at radius 3 is 2.63 bits per heavy atom. The van der Waals surface area contributed by atoms with Crippen LogP contribution >= 0.6 is 0 Å². The summed E-state index contributed by atoms with van der Waals surface area (Å²) in [4.78, 5) is 7.29. The van der Waals surface area contributed by atoms with E-state index in [1.165, 1.54) is 22.4 Å². The Balaban J connectivity index is 1.63. The highest BCUT2D eigenvalue weighted by Crippen LogP contribution is 2.37. The normalized spacial score (nSPS) is 15.3. The molecule has 2 aromatic carbocycles. The van der Waals surface area contributed by atoms with Crippen molar-refractivity contribution in [3.8, 4) is 5.75 Å². The van der Waals surface area contributed by atoms with E-state index >= 15 is 0 Å². The van der Waals surface area contributed by atoms with Crippen molar-refractivity contribution in [1.82, 2.24) is 4.90 Å². The molecule has 142 valence electrons. The number of nitrogens with zero attached hydrogens (tertiary/aromatic N) is 5. The summed E-state index contributed by atoms with van der Waals surface area (Å²) in [6, 6.07) is 15.5. The summed E-state index contributed by atoms with van der Waals surface area (Å²) in [5, 5.41) is 3.50. The molecule has 6 heteroatoms. The van der Waals surface area contributed by atoms with Gasteiger partial charge in [-0.15, -0.1) is 0 Å². The molecule has 3 rings (SSSR count). The van der Waals surface area contributed by atoms with Crippen LogP contribution in [-0.4, -0.2) is 39.2 Å². The molecule has 27 heavy (non-hydrogen) atoms. The van der Waals surface area contributed by atoms with Gasteiger partial charge >= 0.3 is 0 Å². The number of aryl methyl sites for hydroxylation is 1. The Morgan fingerprint density at radius 1 is 1.15 bits per heavy atom. The van der Waals surface area contributed by atoms with Crippen molar-refractivity contribution in [3.05, 3.63) is 69.6 Å². The molecular formula is C21H27N5O. The molecule has 0 aliphatic heterocycles. The molecule has 0 heterocycles. The highest BCUT2D eigenvalue weighted by molar-refractivity contribution is 5.46. The number of hydrogen-bond donors (Lipinski definition) is 0. The molecule has 0 N–H and O–H groups in total. The summed E-state index contributed by atoms with van der Waals surface area (Å²) in [5.41, 5.74) is 13.6. The SMILES string of the molecule is CN(C)c1ccc(CN(C)C2CCc3cc(OCCN=[N+]=[N-])ccc32)cc1. The first-order valence-corrected chi connectivity index (χ1v) is 9.31. The van der Waals surface area contributed by atoms with Gasteiger partial charge in [-0.05, 0) is 66.4 Å². The molecule has 1 unspecified atom stereocenters. The molecule has 6 nitrogen and oxygen atoms in total. The topological polar surface area (TPSA) is 64.5 Å². The molecule has 0 aromatic heterocycles. The van der Waals surface area contributed by atoms with Crippen LogP contribution < -0.4 is 9.64 Å². The monoisotopic (exact) mass is 365 g/mol. The first-order valence-electron chi connectivity index (χ1n) is 9.31. The van der Waals surface area contributed by atoms with Crippen molar-refractivity contribution in [1.29, 1.82) is 0 Å². The van der Waals surface area contributed by atoms with Crippen LogP contribution in [-0.2, 0) is 13.0 Å². The lowest BCUT2D eigenvalue weighted by atomic mass is 10.1. The Hall–Kier alpha value is -2.69. The van der Waals surface area contributed by atoms with Crippen molar-refractivity contribution in [3.63, 3.8) is 0 Å². The van der Waals surface area contributed by atoms with Crippen LogP contribution in [0.3, 0.4) is 0 Å². The molecule has 0 saturated heterocycles. The summed E-state index contributed by atoms with van der Waals surface area (Å²) >= 11 is 0. The molecule has 0 radical (unpaired) electrons. The van der Waals surface area contributed by atoms with Gasteiger partial charge < -0.3 is 9.64 Å². The van der Waals surface area contributed by atoms with Crippen LogP contribution in [0.1, 0.15) is 29.2 Å². The third kappa shape index (κ3) is 4.73. The number of ether oxygens (including phenoxy) is 1. The van der Waals surface area contributed by atoms with Crippen LogP contribution in [0.2, 0.25) is 0 Å². The quantitative estimate of drug-likeness (QED) is 0.298. The lowest BCUT2D eigenvalue weighted by molar-refractivity contribution is 0.236. The van der Waals surface area contributed by atoms with Crippen LogP contribution in [0.5, 0.6) is 5.75 Å². The average Bonchev–Trinajstić information content (AvgIpc) is 3.09. The van der Waals surface area contributed by atoms with Crippen molar-refractivity contribution >= 4 is 5.69 Å². The van der Waals surface area contributed by atoms with E-state index in [1.54, 1.807) is 0 Å². The fourth-order valence-corrected chi connectivity index (χ4v) is 3.67. The number of anilines is 1. The maximum absolute atomic E-state index is 8.31. The Labute approximate surface area is 161 Å². The van der Waals surface area contributed by atoms with E-state index in [0.29, 0.717) is 19.2 Å². The van der Waals surface area contributed by atoms with E-state index < -0.39 is 0 Å². The minimum Gasteiger partial charge on any atom is -0.493 e. The second-order valence-corrected chi connectivity index (χ2v) is 7.19. The molecule has 0 bridgehead atoms. The maximum atomic E-state index is 8.31. The molecule has 0 saturated carbocycles. The summed E-state index contributed by atoms with van der Waals surface area (Å²) in [7, 11) is 6.32. The molecular weight excluding hydrogens is 338 g/mol. The predicted molar refractivity (Wildman–Crippen MR) is 109 cm³/mol. The lowest BCUT2D eigenvalue weighted by Crippen LogP contribution is -2.22. The molecule has 1 aliphatic carbocycles. The van der Waals surface area contributed by atoms with Gasteiger partial charge in [-0.25, -0.2) is 0 Å². The van der Waals surface area contributed by atoms with Gasteiger partial charge in [-0.1, -0.05) is 23.3 Å². The fraction of sp³-hybridized carbons (Fsp3) is 0.429. The molecule has 1 aliphatic rings. The molecule has 2 aromatic rings. The van der Waals surface area contributed by atoms with Crippen LogP contribution in [0.4, 0.5) is 5.69 Å². The smallest absolute Gasteiger partial charge is 0.119 e. The number of azide groups is 1. The van der Waals surface area contributed by atoms with Gasteiger partial charge in [0.25, 0.3) is 0 Å². The number of fused-ring (bicyclic) bond motifs is 1. The Morgan fingerprint density at radius 2 is 1.93 bits per heavy atom. The van der Waals surface area contributed by atoms with E-state index in [1.807, 2.05) is 6.07 Å². The third-order valence-electron chi connectivity index (χ3n) is 5.10. The first-order chi connectivity index (χ1) is 13.1. The van der Waals surface area contributed by atoms with Crippen molar-refractivity contribution in [2.75, 3.05) is 39.2 Å². The van der Waals surface area contributed by atoms with E-state index in [0.717, 1.165) is 25.1 Å². The van der Waals surface area contributed by atoms with Crippen molar-refractivity contribution < 1.29 is 4.74 Å². The molecule has 1 atom stereocenters. The van der Waals surface area contributed by atoms with E-state index in [9.17, 15) is 0 Å². The van der Waals surface area contributed by atoms with Crippen LogP contribution in [0, 0.1) is 0 Å². The highest BCUT2D eigenvalue weighted by atomic mass is 16.5. The maximum Gasteiger partial charge on any atom is 0.119 e. The van der Waals surface area contributed by atoms with Crippen molar-refractivity contribution in [2.24, 2.45) is 5.11 Å². The molecule has 0 amide bonds. The zero-order valence-corrected chi connectivity index (χ0v) is 16.3. The van der Waals surface area contributed by atoms with Gasteiger partial charge in [-0.2, -0.15) is 0 Å². The minimum atomic E-state index is 0.353. The fourth-order valence-electron chi connectivity index (χ4n) is 3.67. The first kappa shape index (κ1) is 19.1. The van der Waals surface area contributed by atoms with E-state index in [2.05, 4.69) is 77.4 Å². The van der Waals surface area contributed by atoms with Gasteiger partial charge in [-0.3, -0.25) is 4.90 Å². The second-order valence-electron chi connectivity index (χ2n) is 7.19. The third-order valence-corrected chi connectivity index (χ3v) is 5.10. The number of hydrogen-bond acceptors (Lipinski definition) is 4.